The summed E-state index contributed by atoms with van der Waals surface area (Å²) in [7, 11) is 0. The second kappa shape index (κ2) is 4.71. The van der Waals surface area contributed by atoms with Gasteiger partial charge in [-0.15, -0.1) is 0 Å². The van der Waals surface area contributed by atoms with Gasteiger partial charge in [-0.1, -0.05) is 0 Å². The van der Waals surface area contributed by atoms with Crippen LogP contribution in [0.2, 0.25) is 0 Å². The van der Waals surface area contributed by atoms with Gasteiger partial charge in [0.05, 0.1) is 6.07 Å². The lowest BCUT2D eigenvalue weighted by Crippen LogP contribution is -2.56. The van der Waals surface area contributed by atoms with Crippen LogP contribution in [-0.4, -0.2) is 25.3 Å². The first kappa shape index (κ1) is 13.1. The van der Waals surface area contributed by atoms with Crippen molar-refractivity contribution in [2.45, 2.75) is 56.9 Å². The number of hydrogen-bond donors (Lipinski definition) is 1. The van der Waals surface area contributed by atoms with Crippen molar-refractivity contribution in [2.24, 2.45) is 23.2 Å². The highest BCUT2D eigenvalue weighted by molar-refractivity contribution is 5.10. The van der Waals surface area contributed by atoms with Gasteiger partial charge < -0.3 is 4.74 Å². The highest BCUT2D eigenvalue weighted by Gasteiger charge is 2.51. The van der Waals surface area contributed by atoms with Crippen LogP contribution in [0.15, 0.2) is 0 Å². The highest BCUT2D eigenvalue weighted by atomic mass is 16.5. The van der Waals surface area contributed by atoms with E-state index < -0.39 is 0 Å². The Morgan fingerprint density at radius 1 is 1.00 bits per heavy atom. The van der Waals surface area contributed by atoms with Crippen LogP contribution in [0.25, 0.3) is 0 Å². The Morgan fingerprint density at radius 2 is 1.55 bits per heavy atom. The van der Waals surface area contributed by atoms with E-state index in [1.54, 1.807) is 0 Å². The largest absolute Gasteiger partial charge is 0.381 e. The minimum Gasteiger partial charge on any atom is -0.381 e. The normalized spacial score (nSPS) is 45.2. The zero-order valence-electron chi connectivity index (χ0n) is 12.4. The molecule has 4 bridgehead atoms. The van der Waals surface area contributed by atoms with E-state index in [9.17, 15) is 5.26 Å². The quantitative estimate of drug-likeness (QED) is 0.860. The molecule has 5 fully saturated rings. The average Bonchev–Trinajstić information content (AvgIpc) is 2.45. The van der Waals surface area contributed by atoms with E-state index in [2.05, 4.69) is 11.4 Å². The predicted octanol–water partition coefficient (Wildman–Crippen LogP) is 2.87. The van der Waals surface area contributed by atoms with Crippen LogP contribution in [0.1, 0.15) is 51.4 Å². The maximum absolute atomic E-state index is 9.59. The molecule has 20 heavy (non-hydrogen) atoms. The molecule has 0 aromatic heterocycles. The molecular weight excluding hydrogens is 248 g/mol. The topological polar surface area (TPSA) is 45.0 Å². The molecule has 0 aromatic carbocycles. The zero-order chi connectivity index (χ0) is 13.6. The first-order valence-corrected chi connectivity index (χ1v) is 8.45. The van der Waals surface area contributed by atoms with Gasteiger partial charge in [-0.05, 0) is 61.7 Å². The molecule has 0 atom stereocenters. The Labute approximate surface area is 122 Å². The first-order chi connectivity index (χ1) is 9.71. The highest BCUT2D eigenvalue weighted by Crippen LogP contribution is 2.59. The van der Waals surface area contributed by atoms with Crippen LogP contribution in [-0.2, 0) is 4.74 Å². The maximum atomic E-state index is 9.59. The van der Waals surface area contributed by atoms with Crippen molar-refractivity contribution in [3.8, 4) is 6.07 Å². The molecular formula is C17H26N2O. The number of nitriles is 1. The van der Waals surface area contributed by atoms with Gasteiger partial charge in [-0.3, -0.25) is 5.32 Å². The summed E-state index contributed by atoms with van der Waals surface area (Å²) >= 11 is 0. The lowest BCUT2D eigenvalue weighted by molar-refractivity contribution is -0.0565. The summed E-state index contributed by atoms with van der Waals surface area (Å²) in [6.45, 7) is 2.55. The lowest BCUT2D eigenvalue weighted by Gasteiger charge is -2.57. The van der Waals surface area contributed by atoms with Gasteiger partial charge >= 0.3 is 0 Å². The minimum absolute atomic E-state index is 0.304. The van der Waals surface area contributed by atoms with E-state index >= 15 is 0 Å². The molecule has 0 aromatic rings. The van der Waals surface area contributed by atoms with Crippen LogP contribution >= 0.6 is 0 Å². The average molecular weight is 274 g/mol. The second-order valence-electron chi connectivity index (χ2n) is 8.08. The van der Waals surface area contributed by atoms with Crippen LogP contribution in [0.4, 0.5) is 0 Å². The summed E-state index contributed by atoms with van der Waals surface area (Å²) in [4.78, 5) is 0. The number of hydrogen-bond acceptors (Lipinski definition) is 3. The fourth-order valence-electron chi connectivity index (χ4n) is 5.91. The van der Waals surface area contributed by atoms with Gasteiger partial charge in [0.1, 0.15) is 5.54 Å². The predicted molar refractivity (Wildman–Crippen MR) is 77.0 cm³/mol. The van der Waals surface area contributed by atoms with E-state index in [1.807, 2.05) is 0 Å². The first-order valence-electron chi connectivity index (χ1n) is 8.45. The Kier molecular flexibility index (Phi) is 3.09. The van der Waals surface area contributed by atoms with E-state index in [4.69, 9.17) is 4.74 Å². The molecule has 4 saturated carbocycles. The summed E-state index contributed by atoms with van der Waals surface area (Å²) < 4.78 is 5.43. The van der Waals surface area contributed by atoms with Crippen LogP contribution in [0.3, 0.4) is 0 Å². The van der Waals surface area contributed by atoms with Gasteiger partial charge in [0.15, 0.2) is 0 Å². The van der Waals surface area contributed by atoms with Crippen molar-refractivity contribution >= 4 is 0 Å². The monoisotopic (exact) mass is 274 g/mol. The summed E-state index contributed by atoms with van der Waals surface area (Å²) in [5, 5.41) is 13.3. The molecule has 1 aliphatic heterocycles. The van der Waals surface area contributed by atoms with Gasteiger partial charge in [0, 0.05) is 32.6 Å². The van der Waals surface area contributed by atoms with E-state index in [0.717, 1.165) is 50.4 Å². The molecule has 0 amide bonds. The van der Waals surface area contributed by atoms with Crippen molar-refractivity contribution in [3.63, 3.8) is 0 Å². The van der Waals surface area contributed by atoms with Crippen LogP contribution in [0, 0.1) is 34.5 Å². The molecule has 110 valence electrons. The molecule has 1 saturated heterocycles. The molecule has 5 rings (SSSR count). The van der Waals surface area contributed by atoms with E-state index in [0.29, 0.717) is 5.41 Å². The van der Waals surface area contributed by atoms with Gasteiger partial charge in [-0.25, -0.2) is 0 Å². The maximum Gasteiger partial charge on any atom is 0.111 e. The van der Waals surface area contributed by atoms with Gasteiger partial charge in [-0.2, -0.15) is 5.26 Å². The van der Waals surface area contributed by atoms with E-state index in [-0.39, 0.29) is 5.54 Å². The summed E-state index contributed by atoms with van der Waals surface area (Å²) in [5.41, 5.74) is 0.221. The molecule has 1 heterocycles. The van der Waals surface area contributed by atoms with Gasteiger partial charge in [0.25, 0.3) is 0 Å². The van der Waals surface area contributed by atoms with Crippen molar-refractivity contribution in [1.82, 2.24) is 5.32 Å². The molecule has 4 aliphatic carbocycles. The molecule has 0 spiro atoms. The van der Waals surface area contributed by atoms with Crippen molar-refractivity contribution in [1.29, 1.82) is 5.26 Å². The molecule has 0 radical (unpaired) electrons. The Bertz CT molecular complexity index is 384. The summed E-state index contributed by atoms with van der Waals surface area (Å²) in [5.74, 6) is 2.99. The Hall–Kier alpha value is -0.590. The Balaban J connectivity index is 1.45. The third-order valence-electron chi connectivity index (χ3n) is 6.53. The summed E-state index contributed by atoms with van der Waals surface area (Å²) in [6.07, 6.45) is 10.5. The van der Waals surface area contributed by atoms with Crippen molar-refractivity contribution in [2.75, 3.05) is 19.8 Å². The fraction of sp³-hybridized carbons (Fsp3) is 0.941. The van der Waals surface area contributed by atoms with Gasteiger partial charge in [0.2, 0.25) is 0 Å². The fourth-order valence-corrected chi connectivity index (χ4v) is 5.91. The third-order valence-corrected chi connectivity index (χ3v) is 6.53. The Morgan fingerprint density at radius 3 is 2.05 bits per heavy atom. The van der Waals surface area contributed by atoms with Crippen molar-refractivity contribution in [3.05, 3.63) is 0 Å². The van der Waals surface area contributed by atoms with Crippen LogP contribution < -0.4 is 5.32 Å². The SMILES string of the molecule is N#CC1(NCC23CC4CC(CC(C4)C2)C3)CCOCC1. The summed E-state index contributed by atoms with van der Waals surface area (Å²) in [6, 6.07) is 2.56. The molecule has 3 nitrogen and oxygen atoms in total. The molecule has 3 heteroatoms. The van der Waals surface area contributed by atoms with E-state index in [1.165, 1.54) is 38.5 Å². The standard InChI is InChI=1S/C17H26N2O/c18-11-17(1-3-20-4-2-17)19-12-16-8-13-5-14(9-16)7-15(6-13)10-16/h13-15,19H,1-10,12H2. The van der Waals surface area contributed by atoms with Crippen LogP contribution in [0.5, 0.6) is 0 Å². The molecule has 0 unspecified atom stereocenters. The minimum atomic E-state index is -0.304. The third kappa shape index (κ3) is 2.18. The lowest BCUT2D eigenvalue weighted by atomic mass is 9.49. The number of ether oxygens (including phenoxy) is 1. The van der Waals surface area contributed by atoms with Crippen molar-refractivity contribution < 1.29 is 4.74 Å². The number of nitrogens with zero attached hydrogens (tertiary/aromatic N) is 1. The smallest absolute Gasteiger partial charge is 0.111 e. The number of rotatable bonds is 3. The molecule has 5 aliphatic rings. The molecule has 1 N–H and O–H groups in total. The second-order valence-corrected chi connectivity index (χ2v) is 8.08. The zero-order valence-corrected chi connectivity index (χ0v) is 12.4. The number of nitrogens with one attached hydrogen (secondary N) is 1.